The lowest BCUT2D eigenvalue weighted by Crippen LogP contribution is -2.24. The molecule has 74 valence electrons. The topological polar surface area (TPSA) is 41.8 Å². The molecule has 1 aromatic carbocycles. The summed E-state index contributed by atoms with van der Waals surface area (Å²) in [6.45, 7) is 2.03. The largest absolute Gasteiger partial charge is 0.392 e. The van der Waals surface area contributed by atoms with Crippen molar-refractivity contribution in [2.24, 2.45) is 11.1 Å². The lowest BCUT2D eigenvalue weighted by atomic mass is 9.95. The van der Waals surface area contributed by atoms with Gasteiger partial charge in [0.15, 0.2) is 6.10 Å². The molecule has 1 aliphatic rings. The van der Waals surface area contributed by atoms with Crippen LogP contribution in [-0.4, -0.2) is 23.5 Å². The van der Waals surface area contributed by atoms with Gasteiger partial charge in [0.2, 0.25) is 0 Å². The van der Waals surface area contributed by atoms with E-state index in [0.29, 0.717) is 0 Å². The van der Waals surface area contributed by atoms with Crippen LogP contribution in [-0.2, 0) is 4.84 Å². The smallest absolute Gasteiger partial charge is 0.158 e. The Labute approximate surface area is 83.0 Å². The predicted molar refractivity (Wildman–Crippen MR) is 54.1 cm³/mol. The third-order valence-electron chi connectivity index (χ3n) is 2.52. The third kappa shape index (κ3) is 1.51. The molecule has 0 bridgehead atoms. The summed E-state index contributed by atoms with van der Waals surface area (Å²) >= 11 is 0. The van der Waals surface area contributed by atoms with E-state index >= 15 is 0 Å². The molecule has 0 radical (unpaired) electrons. The van der Waals surface area contributed by atoms with Crippen molar-refractivity contribution >= 4 is 5.71 Å². The van der Waals surface area contributed by atoms with Gasteiger partial charge in [0.25, 0.3) is 0 Å². The van der Waals surface area contributed by atoms with E-state index in [1.807, 2.05) is 37.3 Å². The highest BCUT2D eigenvalue weighted by molar-refractivity contribution is 6.02. The van der Waals surface area contributed by atoms with E-state index in [4.69, 9.17) is 9.94 Å². The second kappa shape index (κ2) is 3.80. The molecule has 14 heavy (non-hydrogen) atoms. The maximum absolute atomic E-state index is 9.00. The van der Waals surface area contributed by atoms with Gasteiger partial charge in [0.05, 0.1) is 12.3 Å². The maximum Gasteiger partial charge on any atom is 0.158 e. The Hall–Kier alpha value is -1.35. The zero-order valence-electron chi connectivity index (χ0n) is 8.05. The quantitative estimate of drug-likeness (QED) is 0.768. The van der Waals surface area contributed by atoms with E-state index in [-0.39, 0.29) is 18.6 Å². The minimum Gasteiger partial charge on any atom is -0.392 e. The zero-order valence-corrected chi connectivity index (χ0v) is 8.05. The molecular weight excluding hydrogens is 178 g/mol. The Morgan fingerprint density at radius 1 is 1.36 bits per heavy atom. The van der Waals surface area contributed by atoms with Crippen LogP contribution in [0, 0.1) is 5.92 Å². The second-order valence-electron chi connectivity index (χ2n) is 3.46. The Bertz CT molecular complexity index is 334. The number of hydrogen-bond acceptors (Lipinski definition) is 3. The van der Waals surface area contributed by atoms with Gasteiger partial charge in [-0.2, -0.15) is 0 Å². The number of hydrogen-bond donors (Lipinski definition) is 1. The van der Waals surface area contributed by atoms with Crippen LogP contribution in [0.4, 0.5) is 0 Å². The maximum atomic E-state index is 9.00. The normalized spacial score (nSPS) is 25.7. The van der Waals surface area contributed by atoms with Gasteiger partial charge in [0.1, 0.15) is 0 Å². The molecule has 0 fully saturated rings. The lowest BCUT2D eigenvalue weighted by Gasteiger charge is -2.10. The highest BCUT2D eigenvalue weighted by Crippen LogP contribution is 2.22. The van der Waals surface area contributed by atoms with E-state index in [0.717, 1.165) is 11.3 Å². The Morgan fingerprint density at radius 2 is 2.07 bits per heavy atom. The van der Waals surface area contributed by atoms with Crippen molar-refractivity contribution < 1.29 is 9.94 Å². The van der Waals surface area contributed by atoms with Gasteiger partial charge in [-0.1, -0.05) is 42.4 Å². The van der Waals surface area contributed by atoms with Crippen LogP contribution in [0.3, 0.4) is 0 Å². The average molecular weight is 191 g/mol. The third-order valence-corrected chi connectivity index (χ3v) is 2.52. The monoisotopic (exact) mass is 191 g/mol. The number of oxime groups is 1. The van der Waals surface area contributed by atoms with Crippen molar-refractivity contribution in [2.45, 2.75) is 13.0 Å². The summed E-state index contributed by atoms with van der Waals surface area (Å²) in [4.78, 5) is 5.12. The molecule has 0 saturated carbocycles. The predicted octanol–water partition coefficient (Wildman–Crippen LogP) is 1.42. The fraction of sp³-hybridized carbons (Fsp3) is 0.364. The molecule has 1 aromatic rings. The zero-order chi connectivity index (χ0) is 9.97. The van der Waals surface area contributed by atoms with E-state index in [2.05, 4.69) is 5.16 Å². The van der Waals surface area contributed by atoms with Crippen LogP contribution in [0.5, 0.6) is 0 Å². The molecular formula is C11H13NO2. The molecule has 1 N–H and O–H groups in total. The molecule has 0 spiro atoms. The first-order chi connectivity index (χ1) is 6.83. The average Bonchev–Trinajstić information content (AvgIpc) is 2.61. The van der Waals surface area contributed by atoms with Crippen LogP contribution >= 0.6 is 0 Å². The van der Waals surface area contributed by atoms with E-state index in [1.165, 1.54) is 0 Å². The van der Waals surface area contributed by atoms with Gasteiger partial charge >= 0.3 is 0 Å². The van der Waals surface area contributed by atoms with E-state index in [9.17, 15) is 0 Å². The van der Waals surface area contributed by atoms with Gasteiger partial charge in [-0.15, -0.1) is 0 Å². The SMILES string of the molecule is C[C@@H]1C(c2ccccc2)=NO[C@H]1CO. The molecule has 2 atom stereocenters. The van der Waals surface area contributed by atoms with Crippen LogP contribution < -0.4 is 0 Å². The van der Waals surface area contributed by atoms with Crippen molar-refractivity contribution in [3.8, 4) is 0 Å². The summed E-state index contributed by atoms with van der Waals surface area (Å²) in [5, 5.41) is 13.0. The van der Waals surface area contributed by atoms with Crippen molar-refractivity contribution in [3.05, 3.63) is 35.9 Å². The molecule has 0 amide bonds. The van der Waals surface area contributed by atoms with Gasteiger partial charge in [0, 0.05) is 5.92 Å². The standard InChI is InChI=1S/C11H13NO2/c1-8-10(7-13)14-12-11(8)9-5-3-2-4-6-9/h2-6,8,10,13H,7H2,1H3/t8-,10-/m0/s1. The fourth-order valence-corrected chi connectivity index (χ4v) is 1.59. The van der Waals surface area contributed by atoms with E-state index in [1.54, 1.807) is 0 Å². The summed E-state index contributed by atoms with van der Waals surface area (Å²) in [6.07, 6.45) is -0.190. The first kappa shape index (κ1) is 9.21. The van der Waals surface area contributed by atoms with Gasteiger partial charge < -0.3 is 9.94 Å². The minimum absolute atomic E-state index is 0.0149. The molecule has 1 aliphatic heterocycles. The van der Waals surface area contributed by atoms with Crippen molar-refractivity contribution in [2.75, 3.05) is 6.61 Å². The first-order valence-corrected chi connectivity index (χ1v) is 4.73. The molecule has 0 aliphatic carbocycles. The summed E-state index contributed by atoms with van der Waals surface area (Å²) in [6, 6.07) is 9.90. The van der Waals surface area contributed by atoms with Crippen LogP contribution in [0.25, 0.3) is 0 Å². The first-order valence-electron chi connectivity index (χ1n) is 4.73. The number of aliphatic hydroxyl groups excluding tert-OH is 1. The number of benzene rings is 1. The second-order valence-corrected chi connectivity index (χ2v) is 3.46. The van der Waals surface area contributed by atoms with Gasteiger partial charge in [-0.05, 0) is 5.56 Å². The highest BCUT2D eigenvalue weighted by Gasteiger charge is 2.30. The number of nitrogens with zero attached hydrogens (tertiary/aromatic N) is 1. The summed E-state index contributed by atoms with van der Waals surface area (Å²) in [5.41, 5.74) is 1.99. The molecule has 3 heteroatoms. The fourth-order valence-electron chi connectivity index (χ4n) is 1.59. The molecule has 3 nitrogen and oxygen atoms in total. The van der Waals surface area contributed by atoms with Crippen LogP contribution in [0.1, 0.15) is 12.5 Å². The highest BCUT2D eigenvalue weighted by atomic mass is 16.6. The van der Waals surface area contributed by atoms with E-state index < -0.39 is 0 Å². The number of aliphatic hydroxyl groups is 1. The van der Waals surface area contributed by atoms with Gasteiger partial charge in [-0.25, -0.2) is 0 Å². The lowest BCUT2D eigenvalue weighted by molar-refractivity contribution is 0.0211. The van der Waals surface area contributed by atoms with Crippen LogP contribution in [0.15, 0.2) is 35.5 Å². The van der Waals surface area contributed by atoms with Crippen molar-refractivity contribution in [3.63, 3.8) is 0 Å². The Morgan fingerprint density at radius 3 is 2.64 bits per heavy atom. The summed E-state index contributed by atoms with van der Waals surface area (Å²) in [7, 11) is 0. The molecule has 0 saturated heterocycles. The molecule has 0 unspecified atom stereocenters. The molecule has 1 heterocycles. The van der Waals surface area contributed by atoms with Crippen LogP contribution in [0.2, 0.25) is 0 Å². The Balaban J connectivity index is 2.22. The van der Waals surface area contributed by atoms with Crippen molar-refractivity contribution in [1.29, 1.82) is 0 Å². The summed E-state index contributed by atoms with van der Waals surface area (Å²) in [5.74, 6) is 0.155. The minimum atomic E-state index is -0.190. The summed E-state index contributed by atoms with van der Waals surface area (Å²) < 4.78 is 0. The van der Waals surface area contributed by atoms with Crippen molar-refractivity contribution in [1.82, 2.24) is 0 Å². The molecule has 0 aromatic heterocycles. The van der Waals surface area contributed by atoms with Gasteiger partial charge in [-0.3, -0.25) is 0 Å². The Kier molecular flexibility index (Phi) is 2.50. The number of rotatable bonds is 2. The molecule has 2 rings (SSSR count).